The van der Waals surface area contributed by atoms with Crippen LogP contribution in [0.25, 0.3) is 0 Å². The van der Waals surface area contributed by atoms with Crippen molar-refractivity contribution in [3.05, 3.63) is 23.8 Å². The van der Waals surface area contributed by atoms with Crippen LogP contribution in [0, 0.1) is 11.6 Å². The zero-order valence-electron chi connectivity index (χ0n) is 15.9. The van der Waals surface area contributed by atoms with E-state index in [-0.39, 0.29) is 30.2 Å². The van der Waals surface area contributed by atoms with Gasteiger partial charge in [-0.3, -0.25) is 4.79 Å². The standard InChI is InChI=1S/C18H25BF2O5/c1-6-23-15(22)8-7-9-24-12-10-13(20)16(14(21)11-12)19-25-17(2,3)18(4,5)26-19/h10-11H,6-9H2,1-5H3. The van der Waals surface area contributed by atoms with Crippen LogP contribution in [0.5, 0.6) is 5.75 Å². The molecule has 8 heteroatoms. The van der Waals surface area contributed by atoms with E-state index < -0.39 is 30.0 Å². The highest BCUT2D eigenvalue weighted by molar-refractivity contribution is 6.62. The first-order chi connectivity index (χ1) is 12.1. The second-order valence-electron chi connectivity index (χ2n) is 7.15. The summed E-state index contributed by atoms with van der Waals surface area (Å²) in [6, 6.07) is 2.18. The number of halogens is 2. The van der Waals surface area contributed by atoms with Crippen LogP contribution in [0.2, 0.25) is 0 Å². The Labute approximate surface area is 153 Å². The van der Waals surface area contributed by atoms with Crippen LogP contribution < -0.4 is 10.2 Å². The van der Waals surface area contributed by atoms with Crippen LogP contribution >= 0.6 is 0 Å². The van der Waals surface area contributed by atoms with E-state index in [2.05, 4.69) is 0 Å². The minimum absolute atomic E-state index is 0.0455. The first-order valence-corrected chi connectivity index (χ1v) is 8.70. The third kappa shape index (κ3) is 4.54. The van der Waals surface area contributed by atoms with Crippen molar-refractivity contribution >= 4 is 18.6 Å². The lowest BCUT2D eigenvalue weighted by Gasteiger charge is -2.32. The Balaban J connectivity index is 2.02. The summed E-state index contributed by atoms with van der Waals surface area (Å²) in [5.74, 6) is -1.89. The number of ether oxygens (including phenoxy) is 2. The molecule has 144 valence electrons. The van der Waals surface area contributed by atoms with Gasteiger partial charge < -0.3 is 18.8 Å². The molecule has 1 aromatic rings. The lowest BCUT2D eigenvalue weighted by atomic mass is 9.78. The fourth-order valence-electron chi connectivity index (χ4n) is 2.47. The summed E-state index contributed by atoms with van der Waals surface area (Å²) in [7, 11) is -1.13. The summed E-state index contributed by atoms with van der Waals surface area (Å²) in [6.45, 7) is 9.42. The fraction of sp³-hybridized carbons (Fsp3) is 0.611. The first-order valence-electron chi connectivity index (χ1n) is 8.70. The van der Waals surface area contributed by atoms with E-state index in [4.69, 9.17) is 18.8 Å². The summed E-state index contributed by atoms with van der Waals surface area (Å²) in [5.41, 5.74) is -1.67. The SMILES string of the molecule is CCOC(=O)CCCOc1cc(F)c(B2OC(C)(C)C(C)(C)O2)c(F)c1. The molecule has 0 radical (unpaired) electrons. The maximum atomic E-state index is 14.5. The van der Waals surface area contributed by atoms with Gasteiger partial charge in [-0.05, 0) is 41.0 Å². The van der Waals surface area contributed by atoms with Gasteiger partial charge in [-0.1, -0.05) is 0 Å². The Kier molecular flexibility index (Phi) is 6.29. The molecule has 1 heterocycles. The Morgan fingerprint density at radius 3 is 2.15 bits per heavy atom. The summed E-state index contributed by atoms with van der Waals surface area (Å²) in [4.78, 5) is 11.2. The van der Waals surface area contributed by atoms with Gasteiger partial charge in [0.1, 0.15) is 17.4 Å². The monoisotopic (exact) mass is 370 g/mol. The van der Waals surface area contributed by atoms with Crippen LogP contribution in [0.4, 0.5) is 8.78 Å². The Hall–Kier alpha value is -1.67. The van der Waals surface area contributed by atoms with Gasteiger partial charge in [0, 0.05) is 18.6 Å². The summed E-state index contributed by atoms with van der Waals surface area (Å²) >= 11 is 0. The van der Waals surface area contributed by atoms with Crippen molar-refractivity contribution < 1.29 is 32.4 Å². The van der Waals surface area contributed by atoms with Gasteiger partial charge in [0.25, 0.3) is 0 Å². The third-order valence-electron chi connectivity index (χ3n) is 4.64. The van der Waals surface area contributed by atoms with Gasteiger partial charge in [0.2, 0.25) is 0 Å². The van der Waals surface area contributed by atoms with E-state index in [9.17, 15) is 13.6 Å². The van der Waals surface area contributed by atoms with Crippen molar-refractivity contribution in [3.63, 3.8) is 0 Å². The van der Waals surface area contributed by atoms with Gasteiger partial charge in [0.15, 0.2) is 0 Å². The quantitative estimate of drug-likeness (QED) is 0.420. The molecule has 0 spiro atoms. The van der Waals surface area contributed by atoms with Crippen molar-refractivity contribution in [2.24, 2.45) is 0 Å². The summed E-state index contributed by atoms with van der Waals surface area (Å²) in [5, 5.41) is 0. The molecule has 2 rings (SSSR count). The Morgan fingerprint density at radius 1 is 1.12 bits per heavy atom. The van der Waals surface area contributed by atoms with E-state index in [1.165, 1.54) is 0 Å². The van der Waals surface area contributed by atoms with Gasteiger partial charge >= 0.3 is 13.1 Å². The molecular weight excluding hydrogens is 345 g/mol. The van der Waals surface area contributed by atoms with Crippen LogP contribution in [0.3, 0.4) is 0 Å². The Morgan fingerprint density at radius 2 is 1.65 bits per heavy atom. The van der Waals surface area contributed by atoms with E-state index >= 15 is 0 Å². The second-order valence-corrected chi connectivity index (χ2v) is 7.15. The third-order valence-corrected chi connectivity index (χ3v) is 4.64. The maximum Gasteiger partial charge on any atom is 0.500 e. The molecule has 0 aliphatic carbocycles. The van der Waals surface area contributed by atoms with Crippen molar-refractivity contribution in [2.45, 2.75) is 58.7 Å². The molecule has 0 N–H and O–H groups in total. The molecule has 1 aliphatic rings. The molecular formula is C18H25BF2O5. The smallest absolute Gasteiger partial charge is 0.493 e. The van der Waals surface area contributed by atoms with Crippen LogP contribution in [0.15, 0.2) is 12.1 Å². The molecule has 0 amide bonds. The minimum atomic E-state index is -1.13. The van der Waals surface area contributed by atoms with E-state index in [0.29, 0.717) is 13.0 Å². The van der Waals surface area contributed by atoms with E-state index in [1.807, 2.05) is 27.7 Å². The van der Waals surface area contributed by atoms with Crippen molar-refractivity contribution in [3.8, 4) is 5.75 Å². The predicted molar refractivity (Wildman–Crippen MR) is 93.4 cm³/mol. The zero-order valence-corrected chi connectivity index (χ0v) is 15.9. The zero-order chi connectivity index (χ0) is 19.5. The lowest BCUT2D eigenvalue weighted by Crippen LogP contribution is -2.41. The van der Waals surface area contributed by atoms with E-state index in [1.54, 1.807) is 6.92 Å². The highest BCUT2D eigenvalue weighted by atomic mass is 19.1. The molecule has 0 aromatic heterocycles. The van der Waals surface area contributed by atoms with E-state index in [0.717, 1.165) is 12.1 Å². The van der Waals surface area contributed by atoms with Gasteiger partial charge in [0.05, 0.1) is 29.9 Å². The number of benzene rings is 1. The van der Waals surface area contributed by atoms with Crippen LogP contribution in [-0.4, -0.2) is 37.5 Å². The number of hydrogen-bond acceptors (Lipinski definition) is 5. The second kappa shape index (κ2) is 7.92. The fourth-order valence-corrected chi connectivity index (χ4v) is 2.47. The number of hydrogen-bond donors (Lipinski definition) is 0. The topological polar surface area (TPSA) is 54.0 Å². The minimum Gasteiger partial charge on any atom is -0.493 e. The van der Waals surface area contributed by atoms with Gasteiger partial charge in [-0.15, -0.1) is 0 Å². The predicted octanol–water partition coefficient (Wildman–Crippen LogP) is 2.99. The number of carbonyl (C=O) groups excluding carboxylic acids is 1. The molecule has 1 fully saturated rings. The Bertz CT molecular complexity index is 624. The maximum absolute atomic E-state index is 14.5. The summed E-state index contributed by atoms with van der Waals surface area (Å²) < 4.78 is 50.4. The molecule has 1 aromatic carbocycles. The largest absolute Gasteiger partial charge is 0.500 e. The number of esters is 1. The molecule has 0 saturated carbocycles. The van der Waals surface area contributed by atoms with Crippen molar-refractivity contribution in [1.29, 1.82) is 0 Å². The first kappa shape index (κ1) is 20.6. The number of rotatable bonds is 7. The average Bonchev–Trinajstić information content (AvgIpc) is 2.71. The lowest BCUT2D eigenvalue weighted by molar-refractivity contribution is -0.143. The molecule has 26 heavy (non-hydrogen) atoms. The van der Waals surface area contributed by atoms with Crippen LogP contribution in [-0.2, 0) is 18.8 Å². The molecule has 1 saturated heterocycles. The number of carbonyl (C=O) groups is 1. The van der Waals surface area contributed by atoms with Crippen molar-refractivity contribution in [1.82, 2.24) is 0 Å². The molecule has 0 bridgehead atoms. The summed E-state index contributed by atoms with van der Waals surface area (Å²) in [6.07, 6.45) is 0.575. The van der Waals surface area contributed by atoms with Gasteiger partial charge in [-0.2, -0.15) is 0 Å². The molecule has 5 nitrogen and oxygen atoms in total. The van der Waals surface area contributed by atoms with Crippen molar-refractivity contribution in [2.75, 3.05) is 13.2 Å². The van der Waals surface area contributed by atoms with Crippen LogP contribution in [0.1, 0.15) is 47.5 Å². The van der Waals surface area contributed by atoms with Gasteiger partial charge in [-0.25, -0.2) is 8.78 Å². The normalized spacial score (nSPS) is 18.0. The molecule has 0 unspecified atom stereocenters. The molecule has 0 atom stereocenters. The highest BCUT2D eigenvalue weighted by Crippen LogP contribution is 2.37. The average molecular weight is 370 g/mol. The highest BCUT2D eigenvalue weighted by Gasteiger charge is 2.53. The molecule has 1 aliphatic heterocycles.